The lowest BCUT2D eigenvalue weighted by Gasteiger charge is -2.26. The first-order chi connectivity index (χ1) is 33.8. The highest BCUT2D eigenvalue weighted by Gasteiger charge is 2.28. The Morgan fingerprint density at radius 2 is 1.39 bits per heavy atom. The molecule has 3 aliphatic rings. The molecule has 4 aromatic rings. The third-order valence-corrected chi connectivity index (χ3v) is 13.7. The van der Waals surface area contributed by atoms with Crippen molar-refractivity contribution in [3.63, 3.8) is 0 Å². The van der Waals surface area contributed by atoms with Crippen molar-refractivity contribution in [2.24, 2.45) is 0 Å². The minimum Gasteiger partial charge on any atom is -0.505 e. The number of hydrogen-bond donors (Lipinski definition) is 5. The van der Waals surface area contributed by atoms with Gasteiger partial charge in [0.25, 0.3) is 0 Å². The van der Waals surface area contributed by atoms with Gasteiger partial charge in [0.15, 0.2) is 16.5 Å². The number of halogens is 4. The molecule has 0 atom stereocenters. The number of aromatic hydroxyl groups is 1. The molecule has 15 nitrogen and oxygen atoms in total. The van der Waals surface area contributed by atoms with Gasteiger partial charge >= 0.3 is 5.97 Å². The smallest absolute Gasteiger partial charge is 0.336 e. The number of thiocarbonyl (C=S) groups is 1. The van der Waals surface area contributed by atoms with Crippen molar-refractivity contribution in [2.45, 2.75) is 19.4 Å². The van der Waals surface area contributed by atoms with E-state index >= 15 is 0 Å². The topological polar surface area (TPSA) is 198 Å². The molecule has 7 rings (SSSR count). The summed E-state index contributed by atoms with van der Waals surface area (Å²) >= 11 is 18.9. The zero-order valence-electron chi connectivity index (χ0n) is 37.1. The van der Waals surface area contributed by atoms with E-state index in [1.807, 2.05) is 48.5 Å². The highest BCUT2D eigenvalue weighted by Crippen LogP contribution is 2.49. The van der Waals surface area contributed by atoms with Crippen LogP contribution in [-0.4, -0.2) is 99.1 Å². The maximum Gasteiger partial charge on any atom is 0.336 e. The van der Waals surface area contributed by atoms with E-state index in [9.17, 15) is 29.4 Å². The Labute approximate surface area is 441 Å². The van der Waals surface area contributed by atoms with Crippen molar-refractivity contribution in [3.8, 4) is 40.0 Å². The lowest BCUT2D eigenvalue weighted by atomic mass is 9.90. The Hall–Kier alpha value is -5.21. The fraction of sp³-hybridized carbons (Fsp3) is 0.260. The van der Waals surface area contributed by atoms with Crippen LogP contribution in [0.15, 0.2) is 106 Å². The second-order valence-corrected chi connectivity index (χ2v) is 19.1. The Morgan fingerprint density at radius 1 is 0.729 bits per heavy atom. The number of nitrogens with one attached hydrogen (secondary N) is 3. The van der Waals surface area contributed by atoms with Crippen LogP contribution in [0.2, 0.25) is 0 Å². The number of benzene rings is 5. The summed E-state index contributed by atoms with van der Waals surface area (Å²) in [6, 6.07) is 23.3. The van der Waals surface area contributed by atoms with Gasteiger partial charge in [0, 0.05) is 59.3 Å². The van der Waals surface area contributed by atoms with Crippen LogP contribution < -0.4 is 26.3 Å². The van der Waals surface area contributed by atoms with Crippen LogP contribution in [0.4, 0.5) is 11.4 Å². The van der Waals surface area contributed by atoms with Crippen LogP contribution in [0.25, 0.3) is 33.4 Å². The maximum atomic E-state index is 13.4. The Kier molecular flexibility index (Phi) is 19.0. The average molecular weight is 1230 g/mol. The average Bonchev–Trinajstić information content (AvgIpc) is 3.34. The Morgan fingerprint density at radius 3 is 2.11 bits per heavy atom. The van der Waals surface area contributed by atoms with Crippen molar-refractivity contribution in [1.82, 2.24) is 10.6 Å². The SMILES string of the molecule is O=C(CCOCCOCCOCCOCCNC(=S)Nc1ccc(-c2c3cc(Br)c(=O)c(Br)c-3oc3c(Br)c(O)c(Br)cc23)c(C(=O)O)c1)NCCC(=O)N1Cc2ccccc2C#Cc2ccccc21. The van der Waals surface area contributed by atoms with Crippen LogP contribution in [0.5, 0.6) is 5.75 Å². The summed E-state index contributed by atoms with van der Waals surface area (Å²) in [7, 11) is 0. The van der Waals surface area contributed by atoms with Crippen molar-refractivity contribution in [3.05, 3.63) is 129 Å². The number of rotatable bonds is 21. The van der Waals surface area contributed by atoms with Gasteiger partial charge in [0.05, 0.1) is 79.6 Å². The van der Waals surface area contributed by atoms with Gasteiger partial charge in [-0.15, -0.1) is 0 Å². The molecular weight excluding hydrogens is 1180 g/mol. The summed E-state index contributed by atoms with van der Waals surface area (Å²) < 4.78 is 29.3. The third-order valence-electron chi connectivity index (χ3n) is 10.8. The van der Waals surface area contributed by atoms with Crippen LogP contribution >= 0.6 is 75.9 Å². The molecule has 0 unspecified atom stereocenters. The molecule has 0 saturated heterocycles. The third kappa shape index (κ3) is 13.2. The molecule has 4 aromatic carbocycles. The molecule has 0 fully saturated rings. The normalized spacial score (nSPS) is 11.8. The van der Waals surface area contributed by atoms with Crippen LogP contribution in [0.3, 0.4) is 0 Å². The van der Waals surface area contributed by atoms with Crippen LogP contribution in [0.1, 0.15) is 39.9 Å². The number of ether oxygens (including phenoxy) is 4. The number of phenolic OH excluding ortho intramolecular Hbond substituents is 1. The summed E-state index contributed by atoms with van der Waals surface area (Å²) in [6.07, 6.45) is 0.299. The summed E-state index contributed by atoms with van der Waals surface area (Å²) in [5.74, 6) is 4.92. The number of amides is 2. The molecule has 0 radical (unpaired) electrons. The number of fused-ring (bicyclic) bond motifs is 4. The number of carboxylic acids is 1. The summed E-state index contributed by atoms with van der Waals surface area (Å²) in [5.41, 5.74) is 4.81. The quantitative estimate of drug-likeness (QED) is 0.0198. The largest absolute Gasteiger partial charge is 0.505 e. The van der Waals surface area contributed by atoms with Gasteiger partial charge in [-0.1, -0.05) is 48.2 Å². The number of carbonyl (C=O) groups excluding carboxylic acids is 2. The van der Waals surface area contributed by atoms with Crippen molar-refractivity contribution < 1.29 is 48.0 Å². The van der Waals surface area contributed by atoms with Crippen molar-refractivity contribution in [2.75, 3.05) is 76.2 Å². The van der Waals surface area contributed by atoms with E-state index in [1.54, 1.807) is 29.2 Å². The number of phenols is 1. The monoisotopic (exact) mass is 1220 g/mol. The van der Waals surface area contributed by atoms with Crippen molar-refractivity contribution in [1.29, 1.82) is 0 Å². The van der Waals surface area contributed by atoms with Crippen LogP contribution in [-0.2, 0) is 35.1 Å². The molecule has 0 saturated carbocycles. The molecule has 2 aliphatic heterocycles. The molecule has 0 bridgehead atoms. The zero-order valence-corrected chi connectivity index (χ0v) is 44.3. The number of hydrogen-bond acceptors (Lipinski definition) is 11. The van der Waals surface area contributed by atoms with E-state index in [4.69, 9.17) is 35.6 Å². The predicted octanol–water partition coefficient (Wildman–Crippen LogP) is 9.21. The Bertz CT molecular complexity index is 3030. The molecule has 20 heteroatoms. The second kappa shape index (κ2) is 25.3. The van der Waals surface area contributed by atoms with E-state index in [0.717, 1.165) is 22.4 Å². The molecule has 5 N–H and O–H groups in total. The number of aromatic carboxylic acids is 1. The highest BCUT2D eigenvalue weighted by molar-refractivity contribution is 9.11. The van der Waals surface area contributed by atoms with E-state index in [-0.39, 0.29) is 84.4 Å². The summed E-state index contributed by atoms with van der Waals surface area (Å²) in [6.45, 7) is 3.57. The lowest BCUT2D eigenvalue weighted by molar-refractivity contribution is -0.122. The van der Waals surface area contributed by atoms with Gasteiger partial charge in [-0.05, 0) is 130 Å². The Balaban J connectivity index is 0.748. The number of carbonyl (C=O) groups is 3. The van der Waals surface area contributed by atoms with Gasteiger partial charge in [0.1, 0.15) is 14.7 Å². The standard InChI is InChI=1S/C50H44Br4N4O11S/c51-37-26-35-42(36-27-38(52)46(62)44(54)48(36)69-47(35)43(53)45(37)61)33-12-11-32(25-34(33)49(63)64)57-50(70)56-16-18-66-20-22-68-24-23-67-21-19-65-17-14-40(59)55-15-13-41(60)58-28-31-7-2-1-5-29(31)9-10-30-6-3-4-8-39(30)58/h1-8,11-12,25-27,61H,13-24,28H2,(H,55,59)(H,63,64)(H2,56,57,70). The molecule has 2 heterocycles. The van der Waals surface area contributed by atoms with E-state index in [2.05, 4.69) is 91.5 Å². The van der Waals surface area contributed by atoms with Gasteiger partial charge < -0.3 is 54.4 Å². The number of anilines is 2. The van der Waals surface area contributed by atoms with Gasteiger partial charge in [-0.2, -0.15) is 0 Å². The fourth-order valence-electron chi connectivity index (χ4n) is 7.38. The van der Waals surface area contributed by atoms with Gasteiger partial charge in [-0.25, -0.2) is 4.79 Å². The summed E-state index contributed by atoms with van der Waals surface area (Å²) in [5, 5.41) is 30.6. The first kappa shape index (κ1) is 52.6. The summed E-state index contributed by atoms with van der Waals surface area (Å²) in [4.78, 5) is 53.1. The van der Waals surface area contributed by atoms with E-state index in [1.165, 1.54) is 6.07 Å². The van der Waals surface area contributed by atoms with Crippen molar-refractivity contribution >= 4 is 121 Å². The maximum absolute atomic E-state index is 13.4. The second-order valence-electron chi connectivity index (χ2n) is 15.4. The molecule has 1 aliphatic carbocycles. The lowest BCUT2D eigenvalue weighted by Crippen LogP contribution is -2.35. The van der Waals surface area contributed by atoms with Gasteiger partial charge in [0.2, 0.25) is 17.2 Å². The predicted molar refractivity (Wildman–Crippen MR) is 284 cm³/mol. The minimum absolute atomic E-state index is 0.0579. The van der Waals surface area contributed by atoms with Gasteiger partial charge in [-0.3, -0.25) is 14.4 Å². The zero-order chi connectivity index (χ0) is 49.7. The first-order valence-corrected chi connectivity index (χ1v) is 25.4. The first-order valence-electron chi connectivity index (χ1n) is 21.8. The number of carboxylic acid groups (broad SMARTS) is 1. The molecule has 0 spiro atoms. The fourth-order valence-corrected chi connectivity index (χ4v) is 10.0. The number of nitrogens with zero attached hydrogens (tertiary/aromatic N) is 1. The molecular formula is C50H44Br4N4O11S. The molecule has 70 heavy (non-hydrogen) atoms. The molecule has 0 aromatic heterocycles. The highest BCUT2D eigenvalue weighted by atomic mass is 79.9. The van der Waals surface area contributed by atoms with Crippen LogP contribution in [0, 0.1) is 11.8 Å². The van der Waals surface area contributed by atoms with E-state index < -0.39 is 5.97 Å². The van der Waals surface area contributed by atoms with E-state index in [0.29, 0.717) is 91.6 Å². The molecule has 2 amide bonds. The number of para-hydroxylation sites is 1. The minimum atomic E-state index is -1.21. The molecule has 364 valence electrons.